The van der Waals surface area contributed by atoms with Gasteiger partial charge in [-0.1, -0.05) is 0 Å². The van der Waals surface area contributed by atoms with Crippen molar-refractivity contribution >= 4 is 0 Å². The van der Waals surface area contributed by atoms with Gasteiger partial charge in [-0.25, -0.2) is 0 Å². The zero-order valence-corrected chi connectivity index (χ0v) is 9.69. The average molecular weight is 208 g/mol. The number of hydrogen-bond acceptors (Lipinski definition) is 4. The summed E-state index contributed by atoms with van der Waals surface area (Å²) in [7, 11) is 0. The predicted octanol–water partition coefficient (Wildman–Crippen LogP) is 0.807. The first kappa shape index (κ1) is 16.3. The van der Waals surface area contributed by atoms with E-state index in [0.29, 0.717) is 6.61 Å². The van der Waals surface area contributed by atoms with Gasteiger partial charge in [0, 0.05) is 13.2 Å². The molecule has 0 spiro atoms. The smallest absolute Gasteiger partial charge is 0.0779 e. The Balaban J connectivity index is 0. The molecule has 0 aliphatic rings. The van der Waals surface area contributed by atoms with Crippen molar-refractivity contribution in [2.75, 3.05) is 26.4 Å². The molecule has 88 valence electrons. The van der Waals surface area contributed by atoms with Crippen molar-refractivity contribution < 1.29 is 19.7 Å². The van der Waals surface area contributed by atoms with Crippen LogP contribution in [0.25, 0.3) is 0 Å². The van der Waals surface area contributed by atoms with Crippen LogP contribution < -0.4 is 0 Å². The van der Waals surface area contributed by atoms with E-state index in [2.05, 4.69) is 0 Å². The monoisotopic (exact) mass is 208 g/mol. The van der Waals surface area contributed by atoms with Crippen molar-refractivity contribution in [2.24, 2.45) is 0 Å². The molecule has 2 N–H and O–H groups in total. The molecule has 4 heteroatoms. The van der Waals surface area contributed by atoms with E-state index in [1.165, 1.54) is 0 Å². The van der Waals surface area contributed by atoms with Gasteiger partial charge < -0.3 is 19.7 Å². The molecule has 0 aromatic rings. The van der Waals surface area contributed by atoms with Crippen molar-refractivity contribution in [1.82, 2.24) is 0 Å². The zero-order valence-electron chi connectivity index (χ0n) is 9.69. The Kier molecular flexibility index (Phi) is 14.9. The van der Waals surface area contributed by atoms with Crippen molar-refractivity contribution in [1.29, 1.82) is 0 Å². The Morgan fingerprint density at radius 2 is 1.64 bits per heavy atom. The van der Waals surface area contributed by atoms with Gasteiger partial charge in [-0.15, -0.1) is 0 Å². The van der Waals surface area contributed by atoms with Gasteiger partial charge in [-0.2, -0.15) is 0 Å². The minimum Gasteiger partial charge on any atom is -0.394 e. The predicted molar refractivity (Wildman–Crippen MR) is 56.3 cm³/mol. The van der Waals surface area contributed by atoms with Crippen molar-refractivity contribution in [3.63, 3.8) is 0 Å². The molecule has 0 aromatic heterocycles. The minimum atomic E-state index is -0.445. The second-order valence-electron chi connectivity index (χ2n) is 2.96. The quantitative estimate of drug-likeness (QED) is 0.678. The Labute approximate surface area is 86.8 Å². The lowest BCUT2D eigenvalue weighted by Gasteiger charge is -2.10. The summed E-state index contributed by atoms with van der Waals surface area (Å²) in [6.45, 7) is 9.36. The van der Waals surface area contributed by atoms with Gasteiger partial charge in [-0.3, -0.25) is 0 Å². The second-order valence-corrected chi connectivity index (χ2v) is 2.96. The highest BCUT2D eigenvalue weighted by Gasteiger charge is 2.00. The lowest BCUT2D eigenvalue weighted by atomic mass is 10.4. The molecule has 0 aliphatic carbocycles. The number of aliphatic hydroxyl groups excluding tert-OH is 2. The molecule has 0 aliphatic heterocycles. The molecule has 2 unspecified atom stereocenters. The first-order valence-electron chi connectivity index (χ1n) is 5.06. The number of aliphatic hydroxyl groups is 2. The maximum atomic E-state index is 8.69. The topological polar surface area (TPSA) is 58.9 Å². The van der Waals surface area contributed by atoms with Crippen LogP contribution in [-0.2, 0) is 9.47 Å². The third kappa shape index (κ3) is 17.8. The van der Waals surface area contributed by atoms with Crippen LogP contribution >= 0.6 is 0 Å². The fraction of sp³-hybridized carbons (Fsp3) is 1.00. The van der Waals surface area contributed by atoms with Crippen LogP contribution in [-0.4, -0.2) is 48.8 Å². The first-order chi connectivity index (χ1) is 6.58. The summed E-state index contributed by atoms with van der Waals surface area (Å²) in [5.74, 6) is 0. The van der Waals surface area contributed by atoms with E-state index in [-0.39, 0.29) is 12.7 Å². The van der Waals surface area contributed by atoms with Crippen LogP contribution in [0.5, 0.6) is 0 Å². The van der Waals surface area contributed by atoms with E-state index < -0.39 is 6.10 Å². The van der Waals surface area contributed by atoms with Gasteiger partial charge >= 0.3 is 0 Å². The fourth-order valence-corrected chi connectivity index (χ4v) is 0.560. The largest absolute Gasteiger partial charge is 0.394 e. The Morgan fingerprint density at radius 3 is 1.86 bits per heavy atom. The third-order valence-electron chi connectivity index (χ3n) is 1.29. The summed E-state index contributed by atoms with van der Waals surface area (Å²) in [5.41, 5.74) is 0. The summed E-state index contributed by atoms with van der Waals surface area (Å²) in [6.07, 6.45) is -0.612. The van der Waals surface area contributed by atoms with E-state index in [9.17, 15) is 0 Å². The first-order valence-corrected chi connectivity index (χ1v) is 5.06. The maximum Gasteiger partial charge on any atom is 0.0779 e. The van der Waals surface area contributed by atoms with E-state index >= 15 is 0 Å². The second kappa shape index (κ2) is 12.8. The van der Waals surface area contributed by atoms with Crippen LogP contribution in [0, 0.1) is 0 Å². The lowest BCUT2D eigenvalue weighted by Crippen LogP contribution is -2.19. The van der Waals surface area contributed by atoms with Crippen molar-refractivity contribution in [3.8, 4) is 0 Å². The third-order valence-corrected chi connectivity index (χ3v) is 1.29. The highest BCUT2D eigenvalue weighted by molar-refractivity contribution is 4.47. The molecular weight excluding hydrogens is 184 g/mol. The van der Waals surface area contributed by atoms with Crippen molar-refractivity contribution in [2.45, 2.75) is 39.9 Å². The van der Waals surface area contributed by atoms with Crippen LogP contribution in [0.15, 0.2) is 0 Å². The Morgan fingerprint density at radius 1 is 1.14 bits per heavy atom. The molecule has 2 atom stereocenters. The molecule has 14 heavy (non-hydrogen) atoms. The van der Waals surface area contributed by atoms with E-state index in [1.807, 2.05) is 13.8 Å². The zero-order chi connectivity index (χ0) is 11.4. The molecule has 0 radical (unpaired) electrons. The van der Waals surface area contributed by atoms with Crippen molar-refractivity contribution in [3.05, 3.63) is 0 Å². The molecule has 0 saturated carbocycles. The van der Waals surface area contributed by atoms with Gasteiger partial charge in [0.1, 0.15) is 0 Å². The molecule has 0 heterocycles. The van der Waals surface area contributed by atoms with E-state index in [4.69, 9.17) is 19.7 Å². The minimum absolute atomic E-state index is 0.00667. The van der Waals surface area contributed by atoms with Crippen LogP contribution in [0.1, 0.15) is 27.7 Å². The summed E-state index contributed by atoms with van der Waals surface area (Å²) in [4.78, 5) is 0. The molecule has 0 bridgehead atoms. The summed E-state index contributed by atoms with van der Waals surface area (Å²) in [6, 6.07) is 0. The molecule has 0 fully saturated rings. The molecule has 0 aromatic carbocycles. The SMILES string of the molecule is CC(O)COC(C)CO.CCOCC. The molecule has 0 amide bonds. The van der Waals surface area contributed by atoms with Gasteiger partial charge in [-0.05, 0) is 27.7 Å². The molecule has 0 rings (SSSR count). The summed E-state index contributed by atoms with van der Waals surface area (Å²) >= 11 is 0. The highest BCUT2D eigenvalue weighted by atomic mass is 16.5. The maximum absolute atomic E-state index is 8.69. The molecular formula is C10H24O4. The van der Waals surface area contributed by atoms with Crippen LogP contribution in [0.3, 0.4) is 0 Å². The lowest BCUT2D eigenvalue weighted by molar-refractivity contribution is -0.0177. The van der Waals surface area contributed by atoms with Crippen LogP contribution in [0.4, 0.5) is 0 Å². The fourth-order valence-electron chi connectivity index (χ4n) is 0.560. The average Bonchev–Trinajstić information content (AvgIpc) is 2.16. The van der Waals surface area contributed by atoms with E-state index in [0.717, 1.165) is 13.2 Å². The molecule has 0 saturated heterocycles. The summed E-state index contributed by atoms with van der Waals surface area (Å²) in [5, 5.41) is 17.1. The molecule has 4 nitrogen and oxygen atoms in total. The van der Waals surface area contributed by atoms with Gasteiger partial charge in [0.25, 0.3) is 0 Å². The Hall–Kier alpha value is -0.160. The normalized spacial score (nSPS) is 14.1. The number of hydrogen-bond donors (Lipinski definition) is 2. The highest BCUT2D eigenvalue weighted by Crippen LogP contribution is 1.90. The van der Waals surface area contributed by atoms with E-state index in [1.54, 1.807) is 13.8 Å². The number of rotatable bonds is 6. The van der Waals surface area contributed by atoms with Gasteiger partial charge in [0.05, 0.1) is 25.4 Å². The van der Waals surface area contributed by atoms with Crippen LogP contribution in [0.2, 0.25) is 0 Å². The van der Waals surface area contributed by atoms with Gasteiger partial charge in [0.15, 0.2) is 0 Å². The van der Waals surface area contributed by atoms with Gasteiger partial charge in [0.2, 0.25) is 0 Å². The Bertz CT molecular complexity index is 94.1. The summed E-state index contributed by atoms with van der Waals surface area (Å²) < 4.78 is 9.79. The standard InChI is InChI=1S/C6H14O3.C4H10O/c1-5(8)4-9-6(2)3-7;1-3-5-4-2/h5-8H,3-4H2,1-2H3;3-4H2,1-2H3. The number of ether oxygens (including phenoxy) is 2.